The Bertz CT molecular complexity index is 440. The molecule has 3 rings (SSSR count). The summed E-state index contributed by atoms with van der Waals surface area (Å²) in [4.78, 5) is 11.8. The van der Waals surface area contributed by atoms with Crippen molar-refractivity contribution < 1.29 is 9.53 Å². The molecule has 1 saturated carbocycles. The third-order valence-corrected chi connectivity index (χ3v) is 5.04. The summed E-state index contributed by atoms with van der Waals surface area (Å²) >= 11 is 0. The Labute approximate surface area is 103 Å². The van der Waals surface area contributed by atoms with Crippen LogP contribution in [0.1, 0.15) is 40.0 Å². The van der Waals surface area contributed by atoms with Crippen LogP contribution in [0.15, 0.2) is 23.3 Å². The number of carbonyl (C=O) groups excluding carboxylic acids is 1. The molecule has 92 valence electrons. The molecule has 0 aromatic rings. The molecule has 1 unspecified atom stereocenters. The van der Waals surface area contributed by atoms with E-state index in [4.69, 9.17) is 4.74 Å². The Morgan fingerprint density at radius 3 is 2.76 bits per heavy atom. The van der Waals surface area contributed by atoms with Crippen LogP contribution in [0.4, 0.5) is 0 Å². The fraction of sp³-hybridized carbons (Fsp3) is 0.667. The van der Waals surface area contributed by atoms with Gasteiger partial charge in [0.1, 0.15) is 0 Å². The fourth-order valence-electron chi connectivity index (χ4n) is 3.38. The Balaban J connectivity index is 1.93. The van der Waals surface area contributed by atoms with Gasteiger partial charge in [-0.25, -0.2) is 0 Å². The van der Waals surface area contributed by atoms with Crippen molar-refractivity contribution in [2.45, 2.75) is 45.6 Å². The Kier molecular flexibility index (Phi) is 2.19. The van der Waals surface area contributed by atoms with Gasteiger partial charge in [0.15, 0.2) is 5.78 Å². The Morgan fingerprint density at radius 2 is 2.12 bits per heavy atom. The first kappa shape index (κ1) is 11.2. The molecule has 1 saturated heterocycles. The van der Waals surface area contributed by atoms with E-state index in [1.54, 1.807) is 6.08 Å². The molecule has 0 N–H and O–H groups in total. The molecular formula is C15H20O2. The van der Waals surface area contributed by atoms with Crippen molar-refractivity contribution >= 4 is 5.78 Å². The van der Waals surface area contributed by atoms with Gasteiger partial charge in [0.2, 0.25) is 0 Å². The van der Waals surface area contributed by atoms with E-state index in [1.807, 2.05) is 6.92 Å². The second kappa shape index (κ2) is 3.32. The van der Waals surface area contributed by atoms with E-state index in [0.29, 0.717) is 5.92 Å². The smallest absolute Gasteiger partial charge is 0.181 e. The first-order chi connectivity index (χ1) is 7.95. The highest BCUT2D eigenvalue weighted by Gasteiger charge is 2.50. The lowest BCUT2D eigenvalue weighted by atomic mass is 9.62. The minimum atomic E-state index is 0.0961. The molecule has 2 aliphatic carbocycles. The zero-order valence-electron chi connectivity index (χ0n) is 10.9. The topological polar surface area (TPSA) is 29.6 Å². The first-order valence-electron chi connectivity index (χ1n) is 6.52. The average molecular weight is 232 g/mol. The van der Waals surface area contributed by atoms with Gasteiger partial charge >= 0.3 is 0 Å². The molecule has 2 fully saturated rings. The van der Waals surface area contributed by atoms with Crippen molar-refractivity contribution in [2.75, 3.05) is 6.61 Å². The summed E-state index contributed by atoms with van der Waals surface area (Å²) in [5.41, 5.74) is 2.56. The summed E-state index contributed by atoms with van der Waals surface area (Å²) in [6.07, 6.45) is 7.27. The number of allylic oxidation sites excluding steroid dienone is 4. The lowest BCUT2D eigenvalue weighted by Crippen LogP contribution is -2.35. The summed E-state index contributed by atoms with van der Waals surface area (Å²) in [5.74, 6) is 0.791. The van der Waals surface area contributed by atoms with Crippen molar-refractivity contribution in [1.29, 1.82) is 0 Å². The van der Waals surface area contributed by atoms with Crippen LogP contribution in [0, 0.1) is 11.3 Å². The zero-order chi connectivity index (χ0) is 12.3. The first-order valence-corrected chi connectivity index (χ1v) is 6.52. The van der Waals surface area contributed by atoms with Crippen molar-refractivity contribution in [2.24, 2.45) is 11.3 Å². The quantitative estimate of drug-likeness (QED) is 0.650. The van der Waals surface area contributed by atoms with Gasteiger partial charge in [-0.3, -0.25) is 4.79 Å². The molecule has 1 aliphatic heterocycles. The fourth-order valence-corrected chi connectivity index (χ4v) is 3.38. The molecule has 2 nitrogen and oxygen atoms in total. The van der Waals surface area contributed by atoms with Gasteiger partial charge in [-0.15, -0.1) is 0 Å². The second-order valence-corrected chi connectivity index (χ2v) is 6.26. The molecule has 3 aliphatic rings. The van der Waals surface area contributed by atoms with Gasteiger partial charge in [0.05, 0.1) is 12.2 Å². The van der Waals surface area contributed by atoms with Crippen LogP contribution >= 0.6 is 0 Å². The monoisotopic (exact) mass is 232 g/mol. The number of rotatable bonds is 1. The highest BCUT2D eigenvalue weighted by atomic mass is 16.6. The van der Waals surface area contributed by atoms with Crippen LogP contribution < -0.4 is 0 Å². The number of hydrogen-bond acceptors (Lipinski definition) is 2. The third kappa shape index (κ3) is 1.61. The van der Waals surface area contributed by atoms with E-state index < -0.39 is 0 Å². The average Bonchev–Trinajstić information content (AvgIpc) is 3.04. The predicted molar refractivity (Wildman–Crippen MR) is 66.7 cm³/mol. The van der Waals surface area contributed by atoms with E-state index in [-0.39, 0.29) is 16.8 Å². The summed E-state index contributed by atoms with van der Waals surface area (Å²) in [7, 11) is 0. The van der Waals surface area contributed by atoms with E-state index in [2.05, 4.69) is 19.9 Å². The number of hydrogen-bond donors (Lipinski definition) is 0. The van der Waals surface area contributed by atoms with Gasteiger partial charge in [-0.05, 0) is 50.7 Å². The lowest BCUT2D eigenvalue weighted by Gasteiger charge is -2.42. The molecule has 0 spiro atoms. The van der Waals surface area contributed by atoms with Crippen LogP contribution in [-0.4, -0.2) is 18.0 Å². The molecule has 0 aromatic carbocycles. The second-order valence-electron chi connectivity index (χ2n) is 6.26. The van der Waals surface area contributed by atoms with E-state index >= 15 is 0 Å². The molecule has 0 bridgehead atoms. The Morgan fingerprint density at radius 1 is 1.41 bits per heavy atom. The summed E-state index contributed by atoms with van der Waals surface area (Å²) in [5, 5.41) is 0. The number of epoxide rings is 1. The normalized spacial score (nSPS) is 44.9. The minimum absolute atomic E-state index is 0.0961. The highest BCUT2D eigenvalue weighted by Crippen LogP contribution is 2.53. The van der Waals surface area contributed by atoms with Gasteiger partial charge in [-0.1, -0.05) is 18.6 Å². The van der Waals surface area contributed by atoms with Crippen molar-refractivity contribution in [3.63, 3.8) is 0 Å². The van der Waals surface area contributed by atoms with Gasteiger partial charge in [0.25, 0.3) is 0 Å². The molecule has 0 radical (unpaired) electrons. The molecular weight excluding hydrogens is 212 g/mol. The summed E-state index contributed by atoms with van der Waals surface area (Å²) in [6.45, 7) is 7.35. The van der Waals surface area contributed by atoms with Crippen molar-refractivity contribution in [1.82, 2.24) is 0 Å². The molecule has 0 amide bonds. The zero-order valence-corrected chi connectivity index (χ0v) is 10.9. The van der Waals surface area contributed by atoms with Crippen LogP contribution in [0.3, 0.4) is 0 Å². The molecule has 2 heteroatoms. The molecule has 1 heterocycles. The SMILES string of the molecule is CC1=C2C[C@H](C3(C)CO3)CC[C@@]2(C)C=CC1=O. The number of ketones is 1. The maximum Gasteiger partial charge on any atom is 0.181 e. The minimum Gasteiger partial charge on any atom is -0.370 e. The summed E-state index contributed by atoms with van der Waals surface area (Å²) < 4.78 is 5.58. The van der Waals surface area contributed by atoms with Gasteiger partial charge in [0, 0.05) is 5.41 Å². The van der Waals surface area contributed by atoms with Crippen LogP contribution in [-0.2, 0) is 9.53 Å². The predicted octanol–water partition coefficient (Wildman–Crippen LogP) is 3.04. The lowest BCUT2D eigenvalue weighted by molar-refractivity contribution is -0.111. The standard InChI is InChI=1S/C15H20O2/c1-10-12-8-11(15(3)9-17-15)4-6-14(12,2)7-5-13(10)16/h5,7,11H,4,6,8-9H2,1-3H3/t11-,14+,15?/m1/s1. The van der Waals surface area contributed by atoms with Gasteiger partial charge < -0.3 is 4.74 Å². The van der Waals surface area contributed by atoms with Crippen molar-refractivity contribution in [3.05, 3.63) is 23.3 Å². The van der Waals surface area contributed by atoms with E-state index in [1.165, 1.54) is 12.0 Å². The summed E-state index contributed by atoms with van der Waals surface area (Å²) in [6, 6.07) is 0. The third-order valence-electron chi connectivity index (χ3n) is 5.04. The van der Waals surface area contributed by atoms with Crippen LogP contribution in [0.25, 0.3) is 0 Å². The number of fused-ring (bicyclic) bond motifs is 1. The van der Waals surface area contributed by atoms with E-state index in [9.17, 15) is 4.79 Å². The van der Waals surface area contributed by atoms with Crippen molar-refractivity contribution in [3.8, 4) is 0 Å². The highest BCUT2D eigenvalue weighted by molar-refractivity contribution is 6.05. The number of ether oxygens (including phenoxy) is 1. The number of carbonyl (C=O) groups is 1. The van der Waals surface area contributed by atoms with Gasteiger partial charge in [-0.2, -0.15) is 0 Å². The van der Waals surface area contributed by atoms with Crippen LogP contribution in [0.2, 0.25) is 0 Å². The maximum atomic E-state index is 11.8. The largest absolute Gasteiger partial charge is 0.370 e. The maximum absolute atomic E-state index is 11.8. The van der Waals surface area contributed by atoms with E-state index in [0.717, 1.165) is 25.0 Å². The van der Waals surface area contributed by atoms with Crippen LogP contribution in [0.5, 0.6) is 0 Å². The molecule has 17 heavy (non-hydrogen) atoms. The molecule has 0 aromatic heterocycles. The molecule has 3 atom stereocenters. The Hall–Kier alpha value is -0.890.